The van der Waals surface area contributed by atoms with Gasteiger partial charge >= 0.3 is 0 Å². The summed E-state index contributed by atoms with van der Waals surface area (Å²) in [5.41, 5.74) is 0.836. The predicted octanol–water partition coefficient (Wildman–Crippen LogP) is 2.64. The van der Waals surface area contributed by atoms with E-state index in [-0.39, 0.29) is 18.1 Å². The Morgan fingerprint density at radius 2 is 2.00 bits per heavy atom. The highest BCUT2D eigenvalue weighted by molar-refractivity contribution is 5.18. The van der Waals surface area contributed by atoms with Crippen molar-refractivity contribution in [3.05, 3.63) is 35.9 Å². The fraction of sp³-hybridized carbons (Fsp3) is 0.533. The number of hydrogen-bond donors (Lipinski definition) is 2. The molecule has 0 spiro atoms. The smallest absolute Gasteiger partial charge is 0.0683 e. The molecule has 98 valence electrons. The minimum absolute atomic E-state index is 0.0172. The summed E-state index contributed by atoms with van der Waals surface area (Å²) < 4.78 is 0. The summed E-state index contributed by atoms with van der Waals surface area (Å²) in [6.45, 7) is 4.80. The Hall–Kier alpha value is -1.37. The molecule has 2 N–H and O–H groups in total. The zero-order chi connectivity index (χ0) is 13.4. The maximum absolute atomic E-state index is 9.37. The van der Waals surface area contributed by atoms with E-state index >= 15 is 0 Å². The van der Waals surface area contributed by atoms with Crippen LogP contribution in [-0.2, 0) is 0 Å². The lowest BCUT2D eigenvalue weighted by molar-refractivity contribution is 0.242. The van der Waals surface area contributed by atoms with Crippen molar-refractivity contribution in [3.8, 4) is 6.07 Å². The van der Waals surface area contributed by atoms with Gasteiger partial charge in [0.15, 0.2) is 0 Å². The SMILES string of the molecule is CC(C)(C#N)CCCNC(CO)c1ccccc1. The highest BCUT2D eigenvalue weighted by atomic mass is 16.3. The molecule has 0 aliphatic carbocycles. The summed E-state index contributed by atoms with van der Waals surface area (Å²) in [5, 5.41) is 21.6. The monoisotopic (exact) mass is 246 g/mol. The number of aliphatic hydroxyl groups excluding tert-OH is 1. The van der Waals surface area contributed by atoms with Gasteiger partial charge in [-0.2, -0.15) is 5.26 Å². The van der Waals surface area contributed by atoms with Gasteiger partial charge < -0.3 is 10.4 Å². The van der Waals surface area contributed by atoms with Crippen LogP contribution in [0.25, 0.3) is 0 Å². The minimum atomic E-state index is -0.261. The van der Waals surface area contributed by atoms with Crippen molar-refractivity contribution in [2.75, 3.05) is 13.2 Å². The van der Waals surface area contributed by atoms with E-state index in [1.807, 2.05) is 44.2 Å². The van der Waals surface area contributed by atoms with Gasteiger partial charge in [-0.1, -0.05) is 30.3 Å². The first-order chi connectivity index (χ1) is 8.59. The van der Waals surface area contributed by atoms with E-state index in [9.17, 15) is 5.11 Å². The van der Waals surface area contributed by atoms with Crippen molar-refractivity contribution in [1.82, 2.24) is 5.32 Å². The molecule has 1 unspecified atom stereocenters. The first-order valence-electron chi connectivity index (χ1n) is 6.39. The molecule has 0 heterocycles. The lowest BCUT2D eigenvalue weighted by Crippen LogP contribution is -2.26. The van der Waals surface area contributed by atoms with Crippen LogP contribution in [0.3, 0.4) is 0 Å². The molecule has 0 saturated heterocycles. The second kappa shape index (κ2) is 7.15. The van der Waals surface area contributed by atoms with Gasteiger partial charge in [0, 0.05) is 0 Å². The van der Waals surface area contributed by atoms with Crippen LogP contribution in [0.1, 0.15) is 38.3 Å². The number of aliphatic hydroxyl groups is 1. The van der Waals surface area contributed by atoms with Crippen LogP contribution < -0.4 is 5.32 Å². The van der Waals surface area contributed by atoms with Crippen LogP contribution in [-0.4, -0.2) is 18.3 Å². The average molecular weight is 246 g/mol. The third kappa shape index (κ3) is 4.87. The number of nitrogens with one attached hydrogen (secondary N) is 1. The average Bonchev–Trinajstić information content (AvgIpc) is 2.40. The molecule has 0 fully saturated rings. The van der Waals surface area contributed by atoms with E-state index in [1.54, 1.807) is 0 Å². The Morgan fingerprint density at radius 1 is 1.33 bits per heavy atom. The second-order valence-corrected chi connectivity index (χ2v) is 5.20. The van der Waals surface area contributed by atoms with E-state index in [4.69, 9.17) is 5.26 Å². The molecular formula is C15H22N2O. The molecule has 0 aliphatic rings. The van der Waals surface area contributed by atoms with Crippen molar-refractivity contribution < 1.29 is 5.11 Å². The Morgan fingerprint density at radius 3 is 2.56 bits per heavy atom. The predicted molar refractivity (Wildman–Crippen MR) is 72.9 cm³/mol. The molecule has 0 saturated carbocycles. The molecule has 18 heavy (non-hydrogen) atoms. The van der Waals surface area contributed by atoms with Gasteiger partial charge in [0.1, 0.15) is 0 Å². The van der Waals surface area contributed by atoms with Crippen molar-refractivity contribution in [2.24, 2.45) is 5.41 Å². The third-order valence-electron chi connectivity index (χ3n) is 3.06. The summed E-state index contributed by atoms with van der Waals surface area (Å²) in [6.07, 6.45) is 1.80. The molecule has 1 rings (SSSR count). The quantitative estimate of drug-likeness (QED) is 0.727. The zero-order valence-electron chi connectivity index (χ0n) is 11.2. The van der Waals surface area contributed by atoms with E-state index in [2.05, 4.69) is 11.4 Å². The lowest BCUT2D eigenvalue weighted by Gasteiger charge is -2.19. The topological polar surface area (TPSA) is 56.0 Å². The molecule has 0 amide bonds. The van der Waals surface area contributed by atoms with Crippen LogP contribution in [0.4, 0.5) is 0 Å². The number of benzene rings is 1. The van der Waals surface area contributed by atoms with Crippen LogP contribution in [0, 0.1) is 16.7 Å². The van der Waals surface area contributed by atoms with E-state index in [1.165, 1.54) is 0 Å². The molecule has 3 nitrogen and oxygen atoms in total. The van der Waals surface area contributed by atoms with Gasteiger partial charge in [-0.3, -0.25) is 0 Å². The Kier molecular flexibility index (Phi) is 5.84. The van der Waals surface area contributed by atoms with Crippen molar-refractivity contribution in [3.63, 3.8) is 0 Å². The number of hydrogen-bond acceptors (Lipinski definition) is 3. The maximum atomic E-state index is 9.37. The Bertz CT molecular complexity index is 381. The van der Waals surface area contributed by atoms with Crippen molar-refractivity contribution in [1.29, 1.82) is 5.26 Å². The van der Waals surface area contributed by atoms with Crippen molar-refractivity contribution >= 4 is 0 Å². The molecule has 0 aliphatic heterocycles. The standard InChI is InChI=1S/C15H22N2O/c1-15(2,12-16)9-6-10-17-14(11-18)13-7-4-3-5-8-13/h3-5,7-8,14,17-18H,6,9-11H2,1-2H3. The highest BCUT2D eigenvalue weighted by Gasteiger charge is 2.16. The van der Waals surface area contributed by atoms with Gasteiger partial charge in [0.2, 0.25) is 0 Å². The molecule has 1 aromatic rings. The number of rotatable bonds is 7. The first-order valence-corrected chi connectivity index (χ1v) is 6.39. The summed E-state index contributed by atoms with van der Waals surface area (Å²) in [6, 6.07) is 12.2. The molecule has 0 aromatic heterocycles. The Balaban J connectivity index is 2.36. The van der Waals surface area contributed by atoms with E-state index in [0.717, 1.165) is 24.9 Å². The summed E-state index contributed by atoms with van der Waals surface area (Å²) in [7, 11) is 0. The molecule has 3 heteroatoms. The summed E-state index contributed by atoms with van der Waals surface area (Å²) in [4.78, 5) is 0. The van der Waals surface area contributed by atoms with Gasteiger partial charge in [-0.15, -0.1) is 0 Å². The third-order valence-corrected chi connectivity index (χ3v) is 3.06. The minimum Gasteiger partial charge on any atom is -0.394 e. The lowest BCUT2D eigenvalue weighted by atomic mass is 9.90. The molecule has 1 atom stereocenters. The summed E-state index contributed by atoms with van der Waals surface area (Å²) >= 11 is 0. The zero-order valence-corrected chi connectivity index (χ0v) is 11.2. The Labute approximate surface area is 109 Å². The van der Waals surface area contributed by atoms with Gasteiger partial charge in [-0.05, 0) is 38.8 Å². The molecule has 0 bridgehead atoms. The van der Waals surface area contributed by atoms with Gasteiger partial charge in [-0.25, -0.2) is 0 Å². The highest BCUT2D eigenvalue weighted by Crippen LogP contribution is 2.20. The number of nitrogens with zero attached hydrogens (tertiary/aromatic N) is 1. The van der Waals surface area contributed by atoms with Crippen LogP contribution >= 0.6 is 0 Å². The van der Waals surface area contributed by atoms with Crippen LogP contribution in [0.2, 0.25) is 0 Å². The molecule has 1 aromatic carbocycles. The van der Waals surface area contributed by atoms with Gasteiger partial charge in [0.25, 0.3) is 0 Å². The first kappa shape index (κ1) is 14.7. The van der Waals surface area contributed by atoms with E-state index in [0.29, 0.717) is 0 Å². The molecular weight excluding hydrogens is 224 g/mol. The van der Waals surface area contributed by atoms with Gasteiger partial charge in [0.05, 0.1) is 24.1 Å². The molecule has 0 radical (unpaired) electrons. The fourth-order valence-electron chi connectivity index (χ4n) is 1.84. The second-order valence-electron chi connectivity index (χ2n) is 5.20. The van der Waals surface area contributed by atoms with Crippen LogP contribution in [0.15, 0.2) is 30.3 Å². The number of nitriles is 1. The maximum Gasteiger partial charge on any atom is 0.0683 e. The van der Waals surface area contributed by atoms with E-state index < -0.39 is 0 Å². The summed E-state index contributed by atoms with van der Waals surface area (Å²) in [5.74, 6) is 0. The fourth-order valence-corrected chi connectivity index (χ4v) is 1.84. The van der Waals surface area contributed by atoms with Crippen molar-refractivity contribution in [2.45, 2.75) is 32.7 Å². The normalized spacial score (nSPS) is 13.0. The van der Waals surface area contributed by atoms with Crippen LogP contribution in [0.5, 0.6) is 0 Å². The largest absolute Gasteiger partial charge is 0.394 e.